The normalized spacial score (nSPS) is 33.6. The van der Waals surface area contributed by atoms with Crippen LogP contribution in [0.25, 0.3) is 0 Å². The Bertz CT molecular complexity index is 366. The van der Waals surface area contributed by atoms with Crippen LogP contribution in [-0.4, -0.2) is 109 Å². The van der Waals surface area contributed by atoms with Crippen molar-refractivity contribution in [2.75, 3.05) is 53.6 Å². The molecule has 2 saturated heterocycles. The van der Waals surface area contributed by atoms with Gasteiger partial charge in [-0.2, -0.15) is 0 Å². The van der Waals surface area contributed by atoms with Crippen LogP contribution in [0.15, 0.2) is 0 Å². The first kappa shape index (κ1) is 17.6. The zero-order chi connectivity index (χ0) is 16.1. The van der Waals surface area contributed by atoms with E-state index in [4.69, 9.17) is 34.6 Å². The fourth-order valence-corrected chi connectivity index (χ4v) is 2.71. The molecule has 22 heavy (non-hydrogen) atoms. The number of amides is 1. The second-order valence-electron chi connectivity index (χ2n) is 5.75. The van der Waals surface area contributed by atoms with Gasteiger partial charge in [-0.25, -0.2) is 4.79 Å². The topological polar surface area (TPSA) is 60.5 Å². The molecule has 7 nitrogen and oxygen atoms in total. The summed E-state index contributed by atoms with van der Waals surface area (Å²) >= 11 is 0. The van der Waals surface area contributed by atoms with Gasteiger partial charge < -0.3 is 28.7 Å². The van der Waals surface area contributed by atoms with Gasteiger partial charge in [-0.05, 0) is 7.05 Å². The number of ether oxygens (including phenoxy) is 4. The quantitative estimate of drug-likeness (QED) is 0.608. The van der Waals surface area contributed by atoms with Crippen LogP contribution in [0.3, 0.4) is 0 Å². The maximum absolute atomic E-state index is 12.2. The van der Waals surface area contributed by atoms with E-state index in [1.165, 1.54) is 4.90 Å². The van der Waals surface area contributed by atoms with Gasteiger partial charge >= 0.3 is 6.09 Å². The standard InChI is InChI=1S/C13H22B2N2O5/c1-16-3-9(21-11(14)5-16)8-20-13(18)17-4-10(7-19-2)22-12(15)6-17/h9-12H,3-8H2,1-2H3/t9?,10?,11-,12-/m1/s1. The minimum atomic E-state index is -0.535. The molecule has 9 heteroatoms. The number of hydrogen-bond donors (Lipinski definition) is 0. The number of nitrogens with zero attached hydrogens (tertiary/aromatic N) is 2. The average Bonchev–Trinajstić information content (AvgIpc) is 2.43. The maximum atomic E-state index is 12.2. The van der Waals surface area contributed by atoms with Crippen molar-refractivity contribution in [1.82, 2.24) is 9.80 Å². The fourth-order valence-electron chi connectivity index (χ4n) is 2.71. The third kappa shape index (κ3) is 5.15. The van der Waals surface area contributed by atoms with Gasteiger partial charge in [0.15, 0.2) is 0 Å². The number of carbonyl (C=O) groups is 1. The molecular formula is C13H22B2N2O5. The first-order chi connectivity index (χ1) is 10.5. The smallest absolute Gasteiger partial charge is 0.410 e. The van der Waals surface area contributed by atoms with Gasteiger partial charge in [0.25, 0.3) is 0 Å². The highest BCUT2D eigenvalue weighted by Crippen LogP contribution is 2.13. The van der Waals surface area contributed by atoms with Crippen LogP contribution in [0.2, 0.25) is 0 Å². The van der Waals surface area contributed by atoms with Crippen LogP contribution in [-0.2, 0) is 18.9 Å². The summed E-state index contributed by atoms with van der Waals surface area (Å²) in [5, 5.41) is 0. The predicted octanol–water partition coefficient (Wildman–Crippen LogP) is -1.21. The number of hydrogen-bond acceptors (Lipinski definition) is 6. The van der Waals surface area contributed by atoms with E-state index in [0.717, 1.165) is 0 Å². The van der Waals surface area contributed by atoms with E-state index in [2.05, 4.69) is 0 Å². The van der Waals surface area contributed by atoms with Crippen molar-refractivity contribution >= 4 is 21.8 Å². The van der Waals surface area contributed by atoms with Gasteiger partial charge in [0.2, 0.25) is 0 Å². The minimum Gasteiger partial charge on any atom is -0.447 e. The van der Waals surface area contributed by atoms with Crippen molar-refractivity contribution in [1.29, 1.82) is 0 Å². The third-order valence-corrected chi connectivity index (χ3v) is 3.57. The van der Waals surface area contributed by atoms with Gasteiger partial charge in [-0.15, -0.1) is 0 Å². The highest BCUT2D eigenvalue weighted by atomic mass is 16.6. The number of morpholine rings is 2. The predicted molar refractivity (Wildman–Crippen MR) is 81.1 cm³/mol. The van der Waals surface area contributed by atoms with E-state index in [1.54, 1.807) is 7.11 Å². The highest BCUT2D eigenvalue weighted by molar-refractivity contribution is 6.11. The molecule has 4 atom stereocenters. The van der Waals surface area contributed by atoms with Gasteiger partial charge in [0.05, 0.1) is 19.3 Å². The summed E-state index contributed by atoms with van der Waals surface area (Å²) in [5.74, 6) is 0. The Hall–Kier alpha value is -0.760. The number of likely N-dealkylation sites (N-methyl/N-ethyl adjacent to an activating group) is 1. The Morgan fingerprint density at radius 3 is 2.36 bits per heavy atom. The third-order valence-electron chi connectivity index (χ3n) is 3.57. The van der Waals surface area contributed by atoms with E-state index < -0.39 is 12.1 Å². The van der Waals surface area contributed by atoms with E-state index in [9.17, 15) is 4.79 Å². The molecule has 2 heterocycles. The second kappa shape index (κ2) is 8.19. The molecule has 0 aromatic rings. The molecule has 0 aromatic carbocycles. The lowest BCUT2D eigenvalue weighted by atomic mass is 9.97. The van der Waals surface area contributed by atoms with Crippen molar-refractivity contribution in [3.8, 4) is 0 Å². The SMILES string of the molecule is [B][C@H]1CN(C)CC(COC(=O)N2CC(COC)O[C@@H]([B])C2)O1. The molecule has 2 unspecified atom stereocenters. The zero-order valence-corrected chi connectivity index (χ0v) is 13.1. The van der Waals surface area contributed by atoms with Crippen molar-refractivity contribution in [3.05, 3.63) is 0 Å². The summed E-state index contributed by atoms with van der Waals surface area (Å²) in [6.45, 7) is 2.58. The Labute approximate surface area is 134 Å². The van der Waals surface area contributed by atoms with Crippen LogP contribution in [0.1, 0.15) is 0 Å². The molecule has 0 saturated carbocycles. The largest absolute Gasteiger partial charge is 0.447 e. The van der Waals surface area contributed by atoms with E-state index in [1.807, 2.05) is 11.9 Å². The molecule has 0 aromatic heterocycles. The molecule has 2 rings (SSSR count). The summed E-state index contributed by atoms with van der Waals surface area (Å²) in [4.78, 5) is 15.7. The lowest BCUT2D eigenvalue weighted by molar-refractivity contribution is -0.0876. The van der Waals surface area contributed by atoms with Crippen LogP contribution >= 0.6 is 0 Å². The maximum Gasteiger partial charge on any atom is 0.410 e. The van der Waals surface area contributed by atoms with Gasteiger partial charge in [-0.1, -0.05) is 0 Å². The number of rotatable bonds is 4. The fraction of sp³-hybridized carbons (Fsp3) is 0.923. The van der Waals surface area contributed by atoms with Crippen LogP contribution < -0.4 is 0 Å². The molecule has 4 radical (unpaired) electrons. The summed E-state index contributed by atoms with van der Waals surface area (Å²) < 4.78 is 21.4. The molecule has 0 aliphatic carbocycles. The van der Waals surface area contributed by atoms with Crippen LogP contribution in [0.4, 0.5) is 4.79 Å². The van der Waals surface area contributed by atoms with E-state index >= 15 is 0 Å². The molecule has 2 aliphatic rings. The Balaban J connectivity index is 1.78. The monoisotopic (exact) mass is 308 g/mol. The van der Waals surface area contributed by atoms with Crippen LogP contribution in [0.5, 0.6) is 0 Å². The lowest BCUT2D eigenvalue weighted by Gasteiger charge is -2.37. The highest BCUT2D eigenvalue weighted by Gasteiger charge is 2.30. The van der Waals surface area contributed by atoms with Crippen molar-refractivity contribution in [2.24, 2.45) is 0 Å². The molecular weight excluding hydrogens is 286 g/mol. The lowest BCUT2D eigenvalue weighted by Crippen LogP contribution is -2.52. The van der Waals surface area contributed by atoms with Gasteiger partial charge in [-0.3, -0.25) is 0 Å². The van der Waals surface area contributed by atoms with E-state index in [0.29, 0.717) is 32.8 Å². The van der Waals surface area contributed by atoms with Crippen LogP contribution in [0, 0.1) is 0 Å². The molecule has 0 spiro atoms. The molecule has 0 bridgehead atoms. The first-order valence-corrected chi connectivity index (χ1v) is 7.39. The second-order valence-corrected chi connectivity index (χ2v) is 5.75. The molecule has 120 valence electrons. The summed E-state index contributed by atoms with van der Waals surface area (Å²) in [7, 11) is 15.1. The number of methoxy groups -OCH3 is 1. The molecule has 2 aliphatic heterocycles. The van der Waals surface area contributed by atoms with E-state index in [-0.39, 0.29) is 24.8 Å². The molecule has 2 fully saturated rings. The van der Waals surface area contributed by atoms with Gasteiger partial charge in [0.1, 0.15) is 28.4 Å². The zero-order valence-electron chi connectivity index (χ0n) is 13.1. The van der Waals surface area contributed by atoms with Gasteiger partial charge in [0, 0.05) is 38.8 Å². The minimum absolute atomic E-state index is 0.165. The molecule has 0 N–H and O–H groups in total. The van der Waals surface area contributed by atoms with Crippen molar-refractivity contribution in [3.63, 3.8) is 0 Å². The Morgan fingerprint density at radius 1 is 1.09 bits per heavy atom. The average molecular weight is 308 g/mol. The first-order valence-electron chi connectivity index (χ1n) is 7.39. The van der Waals surface area contributed by atoms with Crippen molar-refractivity contribution in [2.45, 2.75) is 24.2 Å². The summed E-state index contributed by atoms with van der Waals surface area (Å²) in [5.41, 5.74) is 0. The van der Waals surface area contributed by atoms with Crippen molar-refractivity contribution < 1.29 is 23.7 Å². The molecule has 1 amide bonds. The summed E-state index contributed by atoms with van der Waals surface area (Å²) in [6, 6.07) is -0.891. The number of carbonyl (C=O) groups excluding carboxylic acids is 1. The summed E-state index contributed by atoms with van der Waals surface area (Å²) in [6.07, 6.45) is -0.890. The Morgan fingerprint density at radius 2 is 1.73 bits per heavy atom. The Kier molecular flexibility index (Phi) is 6.55.